The van der Waals surface area contributed by atoms with Crippen molar-refractivity contribution in [3.8, 4) is 5.75 Å². The normalized spacial score (nSPS) is 15.3. The van der Waals surface area contributed by atoms with Gasteiger partial charge in [-0.3, -0.25) is 14.6 Å². The summed E-state index contributed by atoms with van der Waals surface area (Å²) in [5.41, 5.74) is 4.25. The number of thiazole rings is 1. The van der Waals surface area contributed by atoms with Gasteiger partial charge in [-0.05, 0) is 92.5 Å². The number of alkyl halides is 2. The Morgan fingerprint density at radius 1 is 1.04 bits per heavy atom. The summed E-state index contributed by atoms with van der Waals surface area (Å²) in [6, 6.07) is 10.8. The highest BCUT2D eigenvalue weighted by atomic mass is 32.1. The summed E-state index contributed by atoms with van der Waals surface area (Å²) in [7, 11) is 0. The first-order chi connectivity index (χ1) is 22.5. The van der Waals surface area contributed by atoms with E-state index in [9.17, 15) is 23.5 Å². The maximum absolute atomic E-state index is 13.9. The summed E-state index contributed by atoms with van der Waals surface area (Å²) in [5, 5.41) is 19.5. The van der Waals surface area contributed by atoms with Crippen LogP contribution in [0.5, 0.6) is 5.75 Å². The van der Waals surface area contributed by atoms with E-state index in [1.807, 2.05) is 37.6 Å². The molecule has 3 N–H and O–H groups in total. The van der Waals surface area contributed by atoms with Crippen LogP contribution in [-0.4, -0.2) is 44.4 Å². The van der Waals surface area contributed by atoms with Crippen LogP contribution in [0, 0.1) is 6.92 Å². The SMILES string of the molecule is Cc1csc([C@H]2CCCN2C(=O)c2cc(C(=O)N[C@@H](C)CCc3ccc(NCc4cncc(C(C)C)c4)c(O)c3)cc(C(F)F)c2)n1. The van der Waals surface area contributed by atoms with Gasteiger partial charge in [0.05, 0.1) is 11.7 Å². The van der Waals surface area contributed by atoms with Crippen molar-refractivity contribution in [2.45, 2.75) is 84.4 Å². The molecule has 2 aromatic heterocycles. The van der Waals surface area contributed by atoms with E-state index in [4.69, 9.17) is 0 Å². The number of carbonyl (C=O) groups excluding carboxylic acids is 2. The summed E-state index contributed by atoms with van der Waals surface area (Å²) < 4.78 is 27.8. The molecule has 47 heavy (non-hydrogen) atoms. The second-order valence-corrected chi connectivity index (χ2v) is 13.4. The van der Waals surface area contributed by atoms with Crippen LogP contribution < -0.4 is 10.6 Å². The standard InChI is InChI=1S/C36H41F2N5O3S/c1-21(2)29-12-25(17-39-19-29)18-40-30-10-9-24(13-32(30)44)8-7-22(3)41-34(45)27-14-26(33(37)38)15-28(16-27)36(46)43-11-5-6-31(43)35-42-23(4)20-47-35/h9-10,12-17,19-22,31,33,40,44H,5-8,11,18H2,1-4H3,(H,41,45)/t22-,31+/m0/s1. The number of carbonyl (C=O) groups is 2. The molecule has 0 aliphatic carbocycles. The Balaban J connectivity index is 1.19. The van der Waals surface area contributed by atoms with Gasteiger partial charge in [-0.2, -0.15) is 0 Å². The van der Waals surface area contributed by atoms with Gasteiger partial charge in [0.2, 0.25) is 0 Å². The number of aryl methyl sites for hydroxylation is 2. The second-order valence-electron chi connectivity index (χ2n) is 12.5. The van der Waals surface area contributed by atoms with Gasteiger partial charge in [0.15, 0.2) is 0 Å². The topological polar surface area (TPSA) is 107 Å². The van der Waals surface area contributed by atoms with Crippen LogP contribution in [0.1, 0.15) is 112 Å². The Bertz CT molecular complexity index is 1730. The van der Waals surface area contributed by atoms with Crippen molar-refractivity contribution in [1.82, 2.24) is 20.2 Å². The lowest BCUT2D eigenvalue weighted by molar-refractivity contribution is 0.0735. The zero-order chi connectivity index (χ0) is 33.7. The zero-order valence-electron chi connectivity index (χ0n) is 27.1. The highest BCUT2D eigenvalue weighted by Crippen LogP contribution is 2.35. The lowest BCUT2D eigenvalue weighted by Gasteiger charge is -2.24. The Morgan fingerprint density at radius 2 is 1.83 bits per heavy atom. The van der Waals surface area contributed by atoms with E-state index < -0.39 is 12.3 Å². The number of phenols is 1. The molecule has 5 rings (SSSR count). The number of aromatic nitrogens is 2. The number of aromatic hydroxyl groups is 1. The molecule has 11 heteroatoms. The van der Waals surface area contributed by atoms with Gasteiger partial charge in [-0.15, -0.1) is 11.3 Å². The molecular formula is C36H41F2N5O3S. The molecule has 0 unspecified atom stereocenters. The first-order valence-electron chi connectivity index (χ1n) is 15.9. The lowest BCUT2D eigenvalue weighted by Crippen LogP contribution is -2.34. The van der Waals surface area contributed by atoms with Crippen LogP contribution >= 0.6 is 11.3 Å². The van der Waals surface area contributed by atoms with Crippen LogP contribution in [-0.2, 0) is 13.0 Å². The van der Waals surface area contributed by atoms with E-state index in [2.05, 4.69) is 40.5 Å². The first kappa shape index (κ1) is 34.0. The third-order valence-corrected chi connectivity index (χ3v) is 9.49. The molecule has 1 aliphatic rings. The third kappa shape index (κ3) is 8.51. The number of pyridine rings is 1. The van der Waals surface area contributed by atoms with E-state index >= 15 is 0 Å². The molecule has 0 bridgehead atoms. The van der Waals surface area contributed by atoms with Crippen LogP contribution in [0.2, 0.25) is 0 Å². The van der Waals surface area contributed by atoms with Crippen LogP contribution in [0.15, 0.2) is 60.2 Å². The van der Waals surface area contributed by atoms with Crippen molar-refractivity contribution < 1.29 is 23.5 Å². The number of nitrogens with zero attached hydrogens (tertiary/aromatic N) is 3. The summed E-state index contributed by atoms with van der Waals surface area (Å²) in [6.07, 6.45) is 3.48. The quantitative estimate of drug-likeness (QED) is 0.133. The fraction of sp³-hybridized carbons (Fsp3) is 0.389. The van der Waals surface area contributed by atoms with Gasteiger partial charge in [0, 0.05) is 59.3 Å². The molecule has 2 amide bonds. The number of benzene rings is 2. The smallest absolute Gasteiger partial charge is 0.263 e. The zero-order valence-corrected chi connectivity index (χ0v) is 27.9. The molecule has 1 fully saturated rings. The predicted molar refractivity (Wildman–Crippen MR) is 180 cm³/mol. The van der Waals surface area contributed by atoms with Gasteiger partial charge in [-0.1, -0.05) is 26.0 Å². The Morgan fingerprint density at radius 3 is 2.53 bits per heavy atom. The summed E-state index contributed by atoms with van der Waals surface area (Å²) in [5.74, 6) is -0.415. The first-order valence-corrected chi connectivity index (χ1v) is 16.8. The molecule has 1 aliphatic heterocycles. The van der Waals surface area contributed by atoms with E-state index in [0.29, 0.717) is 37.5 Å². The molecule has 0 spiro atoms. The van der Waals surface area contributed by atoms with Crippen molar-refractivity contribution >= 4 is 28.8 Å². The van der Waals surface area contributed by atoms with Gasteiger partial charge >= 0.3 is 0 Å². The number of halogens is 2. The minimum Gasteiger partial charge on any atom is -0.506 e. The number of hydrogen-bond acceptors (Lipinski definition) is 7. The molecule has 1 saturated heterocycles. The second kappa shape index (κ2) is 15.0. The predicted octanol–water partition coefficient (Wildman–Crippen LogP) is 7.95. The van der Waals surface area contributed by atoms with Crippen molar-refractivity contribution in [2.75, 3.05) is 11.9 Å². The van der Waals surface area contributed by atoms with Crippen molar-refractivity contribution in [3.05, 3.63) is 104 Å². The van der Waals surface area contributed by atoms with E-state index in [-0.39, 0.29) is 40.4 Å². The average molecular weight is 662 g/mol. The van der Waals surface area contributed by atoms with Crippen molar-refractivity contribution in [1.29, 1.82) is 0 Å². The van der Waals surface area contributed by atoms with Crippen molar-refractivity contribution in [3.63, 3.8) is 0 Å². The number of anilines is 1. The molecule has 3 heterocycles. The number of hydrogen-bond donors (Lipinski definition) is 3. The Kier molecular flexibility index (Phi) is 10.9. The van der Waals surface area contributed by atoms with Gasteiger partial charge in [-0.25, -0.2) is 13.8 Å². The average Bonchev–Trinajstić information content (AvgIpc) is 3.72. The minimum absolute atomic E-state index is 0.0149. The number of likely N-dealkylation sites (tertiary alicyclic amines) is 1. The van der Waals surface area contributed by atoms with Crippen molar-refractivity contribution in [2.24, 2.45) is 0 Å². The number of rotatable bonds is 12. The summed E-state index contributed by atoms with van der Waals surface area (Å²) >= 11 is 1.48. The minimum atomic E-state index is -2.84. The fourth-order valence-electron chi connectivity index (χ4n) is 5.75. The van der Waals surface area contributed by atoms with E-state index in [0.717, 1.165) is 46.3 Å². The molecule has 8 nitrogen and oxygen atoms in total. The van der Waals surface area contributed by atoms with E-state index in [1.165, 1.54) is 23.5 Å². The highest BCUT2D eigenvalue weighted by Gasteiger charge is 2.33. The molecule has 0 radical (unpaired) electrons. The molecular weight excluding hydrogens is 620 g/mol. The number of phenolic OH excluding ortho intramolecular Hbond substituents is 1. The van der Waals surface area contributed by atoms with Crippen LogP contribution in [0.3, 0.4) is 0 Å². The highest BCUT2D eigenvalue weighted by molar-refractivity contribution is 7.09. The molecule has 2 aromatic carbocycles. The summed E-state index contributed by atoms with van der Waals surface area (Å²) in [6.45, 7) is 8.98. The number of amides is 2. The summed E-state index contributed by atoms with van der Waals surface area (Å²) in [4.78, 5) is 37.3. The van der Waals surface area contributed by atoms with Gasteiger partial charge in [0.1, 0.15) is 10.8 Å². The maximum atomic E-state index is 13.9. The van der Waals surface area contributed by atoms with Gasteiger partial charge in [0.25, 0.3) is 18.2 Å². The Labute approximate surface area is 278 Å². The largest absolute Gasteiger partial charge is 0.506 e. The monoisotopic (exact) mass is 661 g/mol. The molecule has 0 saturated carbocycles. The third-order valence-electron chi connectivity index (χ3n) is 8.42. The van der Waals surface area contributed by atoms with Gasteiger partial charge < -0.3 is 20.6 Å². The number of nitrogens with one attached hydrogen (secondary N) is 2. The van der Waals surface area contributed by atoms with Crippen LogP contribution in [0.4, 0.5) is 14.5 Å². The molecule has 2 atom stereocenters. The Hall–Kier alpha value is -4.38. The van der Waals surface area contributed by atoms with E-state index in [1.54, 1.807) is 17.2 Å². The fourth-order valence-corrected chi connectivity index (χ4v) is 6.69. The maximum Gasteiger partial charge on any atom is 0.263 e. The lowest BCUT2D eigenvalue weighted by atomic mass is 10.0. The molecule has 248 valence electrons. The van der Waals surface area contributed by atoms with Crippen LogP contribution in [0.25, 0.3) is 0 Å². The molecule has 4 aromatic rings.